The molecule has 8 nitrogen and oxygen atoms in total. The van der Waals surface area contributed by atoms with Gasteiger partial charge in [-0.3, -0.25) is 19.3 Å². The van der Waals surface area contributed by atoms with Gasteiger partial charge in [0.2, 0.25) is 5.75 Å². The topological polar surface area (TPSA) is 85.4 Å². The van der Waals surface area contributed by atoms with Crippen LogP contribution < -0.4 is 19.1 Å². The fourth-order valence-electron chi connectivity index (χ4n) is 4.95. The summed E-state index contributed by atoms with van der Waals surface area (Å²) in [5.74, 6) is -0.0760. The molecular formula is C28H26N2O6. The molecule has 0 aromatic heterocycles. The number of carbonyl (C=O) groups is 3. The number of rotatable bonds is 6. The van der Waals surface area contributed by atoms with Crippen molar-refractivity contribution in [3.8, 4) is 17.2 Å². The normalized spacial score (nSPS) is 18.8. The summed E-state index contributed by atoms with van der Waals surface area (Å²) in [5, 5.41) is 0. The Labute approximate surface area is 209 Å². The van der Waals surface area contributed by atoms with Crippen molar-refractivity contribution >= 4 is 23.4 Å². The molecule has 0 aliphatic carbocycles. The lowest BCUT2D eigenvalue weighted by atomic mass is 9.85. The zero-order chi connectivity index (χ0) is 25.7. The highest BCUT2D eigenvalue weighted by Crippen LogP contribution is 2.48. The second kappa shape index (κ2) is 8.71. The molecule has 2 heterocycles. The fourth-order valence-corrected chi connectivity index (χ4v) is 4.95. The molecule has 1 fully saturated rings. The second-order valence-electron chi connectivity index (χ2n) is 8.85. The Morgan fingerprint density at radius 2 is 1.25 bits per heavy atom. The van der Waals surface area contributed by atoms with Crippen LogP contribution in [0.2, 0.25) is 0 Å². The van der Waals surface area contributed by atoms with Crippen molar-refractivity contribution < 1.29 is 28.6 Å². The summed E-state index contributed by atoms with van der Waals surface area (Å²) in [6.07, 6.45) is 0. The lowest BCUT2D eigenvalue weighted by Crippen LogP contribution is -2.67. The first-order valence-corrected chi connectivity index (χ1v) is 11.5. The molecule has 3 aromatic rings. The second-order valence-corrected chi connectivity index (χ2v) is 8.85. The van der Waals surface area contributed by atoms with Crippen LogP contribution >= 0.6 is 0 Å². The Hall–Kier alpha value is -4.33. The van der Waals surface area contributed by atoms with E-state index in [-0.39, 0.29) is 5.91 Å². The molecule has 0 N–H and O–H groups in total. The van der Waals surface area contributed by atoms with Crippen LogP contribution in [0.5, 0.6) is 17.2 Å². The molecule has 0 saturated carbocycles. The van der Waals surface area contributed by atoms with Crippen molar-refractivity contribution in [1.29, 1.82) is 0 Å². The Kier molecular flexibility index (Phi) is 5.67. The van der Waals surface area contributed by atoms with Crippen LogP contribution in [0.3, 0.4) is 0 Å². The van der Waals surface area contributed by atoms with Crippen LogP contribution in [0.15, 0.2) is 54.6 Å². The number of carbonyl (C=O) groups excluding carboxylic acids is 3. The molecule has 5 rings (SSSR count). The first kappa shape index (κ1) is 23.4. The number of imide groups is 1. The number of benzene rings is 3. The molecular weight excluding hydrogens is 460 g/mol. The molecule has 3 amide bonds. The van der Waals surface area contributed by atoms with Gasteiger partial charge in [0.05, 0.1) is 38.5 Å². The standard InChI is InChI=1S/C28H26N2O6/c1-15-10-11-18(12-16(15)2)29-23(17-13-21(34-3)25(36-5)22(14-17)35-4)24(28(29)33)30-26(31)19-8-6-7-9-20(19)27(30)32/h6-14,23-24H,1-5H3/t23-,24+/m1/s1. The Morgan fingerprint density at radius 1 is 0.667 bits per heavy atom. The van der Waals surface area contributed by atoms with Crippen LogP contribution in [0, 0.1) is 13.8 Å². The van der Waals surface area contributed by atoms with E-state index in [4.69, 9.17) is 14.2 Å². The van der Waals surface area contributed by atoms with E-state index in [0.717, 1.165) is 16.0 Å². The highest BCUT2D eigenvalue weighted by Gasteiger charge is 2.57. The summed E-state index contributed by atoms with van der Waals surface area (Å²) in [4.78, 5) is 43.0. The molecule has 36 heavy (non-hydrogen) atoms. The van der Waals surface area contributed by atoms with E-state index in [1.54, 1.807) is 41.3 Å². The minimum absolute atomic E-state index is 0.295. The summed E-state index contributed by atoms with van der Waals surface area (Å²) in [6, 6.07) is 14.2. The number of fused-ring (bicyclic) bond motifs is 1. The molecule has 0 spiro atoms. The van der Waals surface area contributed by atoms with Gasteiger partial charge in [-0.15, -0.1) is 0 Å². The molecule has 2 atom stereocenters. The number of aryl methyl sites for hydroxylation is 2. The quantitative estimate of drug-likeness (QED) is 0.386. The van der Waals surface area contributed by atoms with E-state index in [1.165, 1.54) is 21.3 Å². The summed E-state index contributed by atoms with van der Waals surface area (Å²) >= 11 is 0. The van der Waals surface area contributed by atoms with Gasteiger partial charge in [0.15, 0.2) is 11.5 Å². The van der Waals surface area contributed by atoms with Crippen molar-refractivity contribution in [2.75, 3.05) is 26.2 Å². The van der Waals surface area contributed by atoms with Crippen LogP contribution in [-0.4, -0.2) is 50.0 Å². The SMILES string of the molecule is COc1cc([C@@H]2[C@H](N3C(=O)c4ccccc4C3=O)C(=O)N2c2ccc(C)c(C)c2)cc(OC)c1OC. The maximum absolute atomic E-state index is 13.7. The highest BCUT2D eigenvalue weighted by atomic mass is 16.5. The van der Waals surface area contributed by atoms with Gasteiger partial charge < -0.3 is 19.1 Å². The predicted molar refractivity (Wildman–Crippen MR) is 133 cm³/mol. The Morgan fingerprint density at radius 3 is 1.75 bits per heavy atom. The smallest absolute Gasteiger partial charge is 0.262 e. The largest absolute Gasteiger partial charge is 0.493 e. The lowest BCUT2D eigenvalue weighted by Gasteiger charge is -2.50. The minimum Gasteiger partial charge on any atom is -0.493 e. The van der Waals surface area contributed by atoms with E-state index >= 15 is 0 Å². The zero-order valence-electron chi connectivity index (χ0n) is 20.7. The van der Waals surface area contributed by atoms with E-state index in [1.807, 2.05) is 32.0 Å². The zero-order valence-corrected chi connectivity index (χ0v) is 20.7. The fraction of sp³-hybridized carbons (Fsp3) is 0.250. The maximum atomic E-state index is 13.7. The van der Waals surface area contributed by atoms with Crippen LogP contribution in [0.25, 0.3) is 0 Å². The molecule has 0 radical (unpaired) electrons. The van der Waals surface area contributed by atoms with Crippen LogP contribution in [-0.2, 0) is 4.79 Å². The average molecular weight is 487 g/mol. The number of anilines is 1. The molecule has 2 aliphatic heterocycles. The molecule has 2 aliphatic rings. The average Bonchev–Trinajstić information content (AvgIpc) is 3.13. The van der Waals surface area contributed by atoms with Crippen molar-refractivity contribution in [3.63, 3.8) is 0 Å². The number of hydrogen-bond donors (Lipinski definition) is 0. The van der Waals surface area contributed by atoms with Gasteiger partial charge in [0.25, 0.3) is 17.7 Å². The first-order chi connectivity index (χ1) is 17.3. The Bertz CT molecular complexity index is 1350. The van der Waals surface area contributed by atoms with Crippen molar-refractivity contribution in [1.82, 2.24) is 4.90 Å². The summed E-state index contributed by atoms with van der Waals surface area (Å²) in [6.45, 7) is 3.97. The van der Waals surface area contributed by atoms with Gasteiger partial charge in [-0.1, -0.05) is 18.2 Å². The van der Waals surface area contributed by atoms with Gasteiger partial charge in [-0.05, 0) is 66.9 Å². The summed E-state index contributed by atoms with van der Waals surface area (Å²) in [7, 11) is 4.53. The van der Waals surface area contributed by atoms with Gasteiger partial charge in [-0.2, -0.15) is 0 Å². The van der Waals surface area contributed by atoms with E-state index < -0.39 is 23.9 Å². The number of amides is 3. The molecule has 184 valence electrons. The number of methoxy groups -OCH3 is 3. The third-order valence-electron chi connectivity index (χ3n) is 6.97. The van der Waals surface area contributed by atoms with Gasteiger partial charge in [0.1, 0.15) is 6.04 Å². The molecule has 0 unspecified atom stereocenters. The monoisotopic (exact) mass is 486 g/mol. The minimum atomic E-state index is -1.03. The molecule has 0 bridgehead atoms. The third kappa shape index (κ3) is 3.32. The number of β-lactam (4-membered cyclic amide) rings is 1. The summed E-state index contributed by atoms with van der Waals surface area (Å²) < 4.78 is 16.5. The highest BCUT2D eigenvalue weighted by molar-refractivity contribution is 6.24. The Balaban J connectivity index is 1.66. The lowest BCUT2D eigenvalue weighted by molar-refractivity contribution is -0.130. The van der Waals surface area contributed by atoms with Crippen LogP contribution in [0.1, 0.15) is 43.4 Å². The molecule has 8 heteroatoms. The third-order valence-corrected chi connectivity index (χ3v) is 6.97. The number of hydrogen-bond acceptors (Lipinski definition) is 6. The number of nitrogens with zero attached hydrogens (tertiary/aromatic N) is 2. The number of ether oxygens (including phenoxy) is 3. The van der Waals surface area contributed by atoms with E-state index in [0.29, 0.717) is 39.6 Å². The van der Waals surface area contributed by atoms with Gasteiger partial charge in [0, 0.05) is 5.69 Å². The van der Waals surface area contributed by atoms with Crippen molar-refractivity contribution in [2.45, 2.75) is 25.9 Å². The van der Waals surface area contributed by atoms with Crippen molar-refractivity contribution in [3.05, 3.63) is 82.4 Å². The van der Waals surface area contributed by atoms with E-state index in [2.05, 4.69) is 0 Å². The van der Waals surface area contributed by atoms with E-state index in [9.17, 15) is 14.4 Å². The molecule has 3 aromatic carbocycles. The van der Waals surface area contributed by atoms with Gasteiger partial charge in [-0.25, -0.2) is 0 Å². The summed E-state index contributed by atoms with van der Waals surface area (Å²) in [5.41, 5.74) is 4.02. The predicted octanol–water partition coefficient (Wildman–Crippen LogP) is 4.08. The van der Waals surface area contributed by atoms with Crippen LogP contribution in [0.4, 0.5) is 5.69 Å². The maximum Gasteiger partial charge on any atom is 0.262 e. The first-order valence-electron chi connectivity index (χ1n) is 11.5. The van der Waals surface area contributed by atoms with Gasteiger partial charge >= 0.3 is 0 Å². The molecule has 1 saturated heterocycles. The van der Waals surface area contributed by atoms with Crippen molar-refractivity contribution in [2.24, 2.45) is 0 Å².